The Labute approximate surface area is 93.8 Å². The Morgan fingerprint density at radius 1 is 0.867 bits per heavy atom. The number of benzene rings is 2. The van der Waals surface area contributed by atoms with Gasteiger partial charge in [0.2, 0.25) is 0 Å². The molecule has 0 saturated carbocycles. The van der Waals surface area contributed by atoms with Crippen LogP contribution in [0.2, 0.25) is 0 Å². The zero-order valence-corrected chi connectivity index (χ0v) is 10.1. The van der Waals surface area contributed by atoms with Gasteiger partial charge in [-0.1, -0.05) is 70.0 Å². The third-order valence-corrected chi connectivity index (χ3v) is 3.87. The van der Waals surface area contributed by atoms with Crippen LogP contribution in [0.4, 0.5) is 0 Å². The quantitative estimate of drug-likeness (QED) is 0.665. The van der Waals surface area contributed by atoms with E-state index in [-0.39, 0.29) is 0 Å². The third kappa shape index (κ3) is 2.57. The first-order valence-corrected chi connectivity index (χ1v) is 6.15. The summed E-state index contributed by atoms with van der Waals surface area (Å²) in [7, 11) is 0.772. The molecule has 1 heteroatoms. The van der Waals surface area contributed by atoms with Crippen molar-refractivity contribution in [1.82, 2.24) is 0 Å². The van der Waals surface area contributed by atoms with Gasteiger partial charge in [-0.2, -0.15) is 0 Å². The SMILES string of the molecule is Cc1cccc([Si]c2ccccc2C)c1. The molecule has 0 fully saturated rings. The second-order valence-electron chi connectivity index (χ2n) is 3.81. The van der Waals surface area contributed by atoms with E-state index in [9.17, 15) is 0 Å². The van der Waals surface area contributed by atoms with E-state index >= 15 is 0 Å². The Morgan fingerprint density at radius 3 is 2.40 bits per heavy atom. The van der Waals surface area contributed by atoms with E-state index in [0.717, 1.165) is 9.52 Å². The highest BCUT2D eigenvalue weighted by molar-refractivity contribution is 6.67. The zero-order chi connectivity index (χ0) is 10.7. The fourth-order valence-electron chi connectivity index (χ4n) is 1.59. The van der Waals surface area contributed by atoms with Crippen molar-refractivity contribution < 1.29 is 0 Å². The highest BCUT2D eigenvalue weighted by Gasteiger charge is 2.00. The molecular formula is C14H14Si. The zero-order valence-electron chi connectivity index (χ0n) is 9.12. The number of hydrogen-bond donors (Lipinski definition) is 0. The standard InChI is InChI=1S/C14H14Si/c1-11-6-5-8-13(10-11)15-14-9-4-3-7-12(14)2/h3-10H,1-2H3. The summed E-state index contributed by atoms with van der Waals surface area (Å²) < 4.78 is 0. The molecule has 2 rings (SSSR count). The molecule has 2 aromatic rings. The van der Waals surface area contributed by atoms with Crippen molar-refractivity contribution in [2.24, 2.45) is 0 Å². The molecule has 0 bridgehead atoms. The van der Waals surface area contributed by atoms with E-state index in [4.69, 9.17) is 0 Å². The van der Waals surface area contributed by atoms with E-state index in [0.29, 0.717) is 0 Å². The molecule has 0 N–H and O–H groups in total. The van der Waals surface area contributed by atoms with Gasteiger partial charge in [0.25, 0.3) is 0 Å². The molecular weight excluding hydrogens is 196 g/mol. The summed E-state index contributed by atoms with van der Waals surface area (Å²) in [5.74, 6) is 0. The fourth-order valence-corrected chi connectivity index (χ4v) is 2.84. The molecule has 0 aliphatic rings. The van der Waals surface area contributed by atoms with Gasteiger partial charge in [0, 0.05) is 0 Å². The number of aryl methyl sites for hydroxylation is 2. The first-order valence-electron chi connectivity index (χ1n) is 5.15. The van der Waals surface area contributed by atoms with Crippen LogP contribution >= 0.6 is 0 Å². The maximum atomic E-state index is 2.27. The molecule has 0 aliphatic heterocycles. The molecule has 74 valence electrons. The third-order valence-electron chi connectivity index (χ3n) is 2.44. The lowest BCUT2D eigenvalue weighted by atomic mass is 10.2. The maximum absolute atomic E-state index is 2.27. The van der Waals surface area contributed by atoms with Crippen molar-refractivity contribution in [3.05, 3.63) is 59.7 Å². The molecule has 0 saturated heterocycles. The van der Waals surface area contributed by atoms with Gasteiger partial charge in [-0.25, -0.2) is 0 Å². The van der Waals surface area contributed by atoms with Crippen LogP contribution in [0.25, 0.3) is 0 Å². The molecule has 0 aliphatic carbocycles. The van der Waals surface area contributed by atoms with Crippen molar-refractivity contribution in [2.45, 2.75) is 13.8 Å². The van der Waals surface area contributed by atoms with Crippen LogP contribution in [0.1, 0.15) is 11.1 Å². The van der Waals surface area contributed by atoms with Gasteiger partial charge in [0.1, 0.15) is 9.52 Å². The second-order valence-corrected chi connectivity index (χ2v) is 5.18. The van der Waals surface area contributed by atoms with Crippen molar-refractivity contribution in [1.29, 1.82) is 0 Å². The van der Waals surface area contributed by atoms with Crippen molar-refractivity contribution >= 4 is 19.9 Å². The summed E-state index contributed by atoms with van der Waals surface area (Å²) in [6.07, 6.45) is 0. The van der Waals surface area contributed by atoms with E-state index in [1.165, 1.54) is 21.5 Å². The molecule has 0 atom stereocenters. The first kappa shape index (κ1) is 10.2. The highest BCUT2D eigenvalue weighted by atomic mass is 28.2. The van der Waals surface area contributed by atoms with Gasteiger partial charge in [-0.05, 0) is 13.8 Å². The molecule has 2 radical (unpaired) electrons. The Kier molecular flexibility index (Phi) is 3.02. The van der Waals surface area contributed by atoms with Crippen molar-refractivity contribution in [3.63, 3.8) is 0 Å². The summed E-state index contributed by atoms with van der Waals surface area (Å²) >= 11 is 0. The van der Waals surface area contributed by atoms with E-state index in [1.807, 2.05) is 0 Å². The average Bonchev–Trinajstić information content (AvgIpc) is 2.22. The Balaban J connectivity index is 2.26. The maximum Gasteiger partial charge on any atom is 0.121 e. The Morgan fingerprint density at radius 2 is 1.67 bits per heavy atom. The van der Waals surface area contributed by atoms with Crippen LogP contribution < -0.4 is 10.4 Å². The predicted molar refractivity (Wildman–Crippen MR) is 67.4 cm³/mol. The molecule has 15 heavy (non-hydrogen) atoms. The fraction of sp³-hybridized carbons (Fsp3) is 0.143. The topological polar surface area (TPSA) is 0 Å². The van der Waals surface area contributed by atoms with Crippen LogP contribution in [0.3, 0.4) is 0 Å². The number of hydrogen-bond acceptors (Lipinski definition) is 0. The summed E-state index contributed by atoms with van der Waals surface area (Å²) in [5.41, 5.74) is 2.73. The van der Waals surface area contributed by atoms with E-state index < -0.39 is 0 Å². The molecule has 2 aromatic carbocycles. The van der Waals surface area contributed by atoms with Gasteiger partial charge in [-0.15, -0.1) is 0 Å². The molecule has 0 amide bonds. The van der Waals surface area contributed by atoms with Crippen LogP contribution in [0.15, 0.2) is 48.5 Å². The Bertz CT molecular complexity index is 460. The highest BCUT2D eigenvalue weighted by Crippen LogP contribution is 1.95. The van der Waals surface area contributed by atoms with Gasteiger partial charge < -0.3 is 0 Å². The Hall–Kier alpha value is -1.34. The first-order chi connectivity index (χ1) is 7.25. The van der Waals surface area contributed by atoms with Crippen LogP contribution in [-0.4, -0.2) is 9.52 Å². The average molecular weight is 210 g/mol. The van der Waals surface area contributed by atoms with Crippen LogP contribution in [0, 0.1) is 13.8 Å². The van der Waals surface area contributed by atoms with Crippen molar-refractivity contribution in [3.8, 4) is 0 Å². The van der Waals surface area contributed by atoms with E-state index in [2.05, 4.69) is 62.4 Å². The van der Waals surface area contributed by atoms with Crippen molar-refractivity contribution in [2.75, 3.05) is 0 Å². The lowest BCUT2D eigenvalue weighted by Gasteiger charge is -2.04. The largest absolute Gasteiger partial charge is 0.121 e. The van der Waals surface area contributed by atoms with E-state index in [1.54, 1.807) is 0 Å². The minimum atomic E-state index is 0.772. The van der Waals surface area contributed by atoms with Gasteiger partial charge in [-0.3, -0.25) is 0 Å². The normalized spacial score (nSPS) is 10.3. The van der Waals surface area contributed by atoms with Crippen LogP contribution in [-0.2, 0) is 0 Å². The van der Waals surface area contributed by atoms with Gasteiger partial charge >= 0.3 is 0 Å². The monoisotopic (exact) mass is 210 g/mol. The molecule has 0 unspecified atom stereocenters. The minimum absolute atomic E-state index is 0.772. The minimum Gasteiger partial charge on any atom is -0.0631 e. The van der Waals surface area contributed by atoms with Crippen LogP contribution in [0.5, 0.6) is 0 Å². The lowest BCUT2D eigenvalue weighted by molar-refractivity contribution is 1.49. The summed E-state index contributed by atoms with van der Waals surface area (Å²) in [6.45, 7) is 4.32. The molecule has 0 spiro atoms. The van der Waals surface area contributed by atoms with Gasteiger partial charge in [0.15, 0.2) is 0 Å². The summed E-state index contributed by atoms with van der Waals surface area (Å²) in [4.78, 5) is 0. The predicted octanol–water partition coefficient (Wildman–Crippen LogP) is 1.96. The van der Waals surface area contributed by atoms with Gasteiger partial charge in [0.05, 0.1) is 0 Å². The number of rotatable bonds is 2. The molecule has 0 nitrogen and oxygen atoms in total. The smallest absolute Gasteiger partial charge is 0.0631 e. The molecule has 0 aromatic heterocycles. The second kappa shape index (κ2) is 4.45. The summed E-state index contributed by atoms with van der Waals surface area (Å²) in [6, 6.07) is 17.4. The summed E-state index contributed by atoms with van der Waals surface area (Å²) in [5, 5.41) is 2.87. The molecule has 0 heterocycles. The lowest BCUT2D eigenvalue weighted by Crippen LogP contribution is -2.28.